The third kappa shape index (κ3) is 1.92. The molecule has 0 spiro atoms. The number of rotatable bonds is 3. The lowest BCUT2D eigenvalue weighted by Crippen LogP contribution is -2.07. The van der Waals surface area contributed by atoms with Crippen molar-refractivity contribution in [3.05, 3.63) is 52.5 Å². The molecule has 1 aromatic carbocycles. The molecule has 2 heterocycles. The molecule has 96 valence electrons. The number of benzene rings is 1. The Balaban J connectivity index is 2.22. The zero-order valence-electron chi connectivity index (χ0n) is 10.3. The zero-order valence-corrected chi connectivity index (χ0v) is 11.1. The van der Waals surface area contributed by atoms with E-state index in [-0.39, 0.29) is 11.6 Å². The van der Waals surface area contributed by atoms with Gasteiger partial charge in [-0.2, -0.15) is 11.3 Å². The summed E-state index contributed by atoms with van der Waals surface area (Å²) in [7, 11) is 0. The van der Waals surface area contributed by atoms with E-state index in [1.54, 1.807) is 29.8 Å². The van der Waals surface area contributed by atoms with Gasteiger partial charge in [0.25, 0.3) is 0 Å². The molecule has 3 aromatic rings. The van der Waals surface area contributed by atoms with Crippen LogP contribution in [0.25, 0.3) is 11.0 Å². The van der Waals surface area contributed by atoms with Gasteiger partial charge in [0.2, 0.25) is 0 Å². The quantitative estimate of drug-likeness (QED) is 0.795. The molecular weight excluding hydrogens is 260 g/mol. The van der Waals surface area contributed by atoms with Gasteiger partial charge in [-0.1, -0.05) is 6.07 Å². The van der Waals surface area contributed by atoms with Crippen LogP contribution in [0.5, 0.6) is 0 Å². The highest BCUT2D eigenvalue weighted by molar-refractivity contribution is 7.07. The molecule has 3 rings (SSSR count). The van der Waals surface area contributed by atoms with Crippen LogP contribution in [0.2, 0.25) is 0 Å². The minimum absolute atomic E-state index is 0.0664. The first-order chi connectivity index (χ1) is 9.18. The van der Waals surface area contributed by atoms with E-state index in [0.717, 1.165) is 5.56 Å². The molecule has 0 saturated carbocycles. The van der Waals surface area contributed by atoms with E-state index in [0.29, 0.717) is 11.0 Å². The van der Waals surface area contributed by atoms with Gasteiger partial charge in [0.1, 0.15) is 0 Å². The van der Waals surface area contributed by atoms with Gasteiger partial charge in [-0.15, -0.1) is 0 Å². The van der Waals surface area contributed by atoms with E-state index in [9.17, 15) is 9.90 Å². The van der Waals surface area contributed by atoms with Crippen molar-refractivity contribution in [2.24, 2.45) is 0 Å². The number of para-hydroxylation sites is 1. The minimum Gasteiger partial charge on any atom is -0.478 e. The van der Waals surface area contributed by atoms with E-state index in [4.69, 9.17) is 0 Å². The normalized spacial score (nSPS) is 12.7. The van der Waals surface area contributed by atoms with Crippen molar-refractivity contribution in [2.45, 2.75) is 13.0 Å². The van der Waals surface area contributed by atoms with Crippen molar-refractivity contribution in [2.75, 3.05) is 0 Å². The highest BCUT2D eigenvalue weighted by Gasteiger charge is 2.17. The monoisotopic (exact) mass is 272 g/mol. The summed E-state index contributed by atoms with van der Waals surface area (Å²) in [6.45, 7) is 2.04. The average Bonchev–Trinajstić information content (AvgIpc) is 3.06. The molecule has 0 bridgehead atoms. The van der Waals surface area contributed by atoms with E-state index in [2.05, 4.69) is 10.4 Å². The van der Waals surface area contributed by atoms with E-state index in [1.807, 2.05) is 29.0 Å². The second-order valence-electron chi connectivity index (χ2n) is 4.36. The molecule has 0 aliphatic carbocycles. The molecule has 19 heavy (non-hydrogen) atoms. The zero-order chi connectivity index (χ0) is 13.4. The topological polar surface area (TPSA) is 55.1 Å². The van der Waals surface area contributed by atoms with Gasteiger partial charge in [-0.05, 0) is 41.4 Å². The summed E-state index contributed by atoms with van der Waals surface area (Å²) in [5, 5.41) is 13.4. The molecule has 1 unspecified atom stereocenters. The number of hydrogen-bond donors (Lipinski definition) is 1. The summed E-state index contributed by atoms with van der Waals surface area (Å²) < 4.78 is 1.92. The first kappa shape index (κ1) is 11.9. The summed E-state index contributed by atoms with van der Waals surface area (Å²) in [5.41, 5.74) is 2.83. The standard InChI is InChI=1S/C14H12N2O2S/c1-9(10-5-6-19-7-10)16-8-15-12-4-2-3-11(13(12)16)14(17)18/h2-9H,1H3,(H,17,18). The van der Waals surface area contributed by atoms with Crippen molar-refractivity contribution < 1.29 is 9.90 Å². The number of imidazole rings is 1. The lowest BCUT2D eigenvalue weighted by atomic mass is 10.1. The predicted octanol–water partition coefficient (Wildman–Crippen LogP) is 3.41. The number of hydrogen-bond acceptors (Lipinski definition) is 3. The largest absolute Gasteiger partial charge is 0.478 e. The van der Waals surface area contributed by atoms with Gasteiger partial charge in [-0.3, -0.25) is 0 Å². The van der Waals surface area contributed by atoms with Crippen LogP contribution in [0.1, 0.15) is 28.9 Å². The van der Waals surface area contributed by atoms with Crippen molar-refractivity contribution in [3.8, 4) is 0 Å². The van der Waals surface area contributed by atoms with Gasteiger partial charge >= 0.3 is 5.97 Å². The van der Waals surface area contributed by atoms with Crippen LogP contribution >= 0.6 is 11.3 Å². The second-order valence-corrected chi connectivity index (χ2v) is 5.14. The number of fused-ring (bicyclic) bond motifs is 1. The predicted molar refractivity (Wildman–Crippen MR) is 74.8 cm³/mol. The molecule has 4 nitrogen and oxygen atoms in total. The fraction of sp³-hybridized carbons (Fsp3) is 0.143. The third-order valence-electron chi connectivity index (χ3n) is 3.27. The Kier molecular flexibility index (Phi) is 2.83. The van der Waals surface area contributed by atoms with Crippen molar-refractivity contribution >= 4 is 28.3 Å². The molecule has 0 fully saturated rings. The fourth-order valence-corrected chi connectivity index (χ4v) is 2.98. The molecule has 0 aliphatic heterocycles. The van der Waals surface area contributed by atoms with Crippen LogP contribution < -0.4 is 0 Å². The summed E-state index contributed by atoms with van der Waals surface area (Å²) in [6, 6.07) is 7.28. The number of carboxylic acid groups (broad SMARTS) is 1. The van der Waals surface area contributed by atoms with Crippen LogP contribution in [0.15, 0.2) is 41.4 Å². The lowest BCUT2D eigenvalue weighted by molar-refractivity contribution is 0.0698. The number of carboxylic acids is 1. The first-order valence-corrected chi connectivity index (χ1v) is 6.83. The summed E-state index contributed by atoms with van der Waals surface area (Å²) in [4.78, 5) is 15.6. The maximum absolute atomic E-state index is 11.3. The van der Waals surface area contributed by atoms with Crippen LogP contribution in [-0.2, 0) is 0 Å². The van der Waals surface area contributed by atoms with Crippen molar-refractivity contribution in [1.82, 2.24) is 9.55 Å². The summed E-state index contributed by atoms with van der Waals surface area (Å²) in [6.07, 6.45) is 1.71. The van der Waals surface area contributed by atoms with E-state index >= 15 is 0 Å². The van der Waals surface area contributed by atoms with Crippen molar-refractivity contribution in [1.29, 1.82) is 0 Å². The third-order valence-corrected chi connectivity index (χ3v) is 3.97. The number of aromatic nitrogens is 2. The molecule has 2 aromatic heterocycles. The molecular formula is C14H12N2O2S. The lowest BCUT2D eigenvalue weighted by Gasteiger charge is -2.14. The van der Waals surface area contributed by atoms with Gasteiger partial charge in [0.15, 0.2) is 0 Å². The number of aromatic carboxylic acids is 1. The molecule has 0 saturated heterocycles. The highest BCUT2D eigenvalue weighted by Crippen LogP contribution is 2.26. The number of thiophene rings is 1. The summed E-state index contributed by atoms with van der Waals surface area (Å²) >= 11 is 1.63. The van der Waals surface area contributed by atoms with Crippen LogP contribution in [-0.4, -0.2) is 20.6 Å². The number of nitrogens with zero attached hydrogens (tertiary/aromatic N) is 2. The van der Waals surface area contributed by atoms with Gasteiger partial charge in [0, 0.05) is 0 Å². The van der Waals surface area contributed by atoms with E-state index < -0.39 is 5.97 Å². The van der Waals surface area contributed by atoms with Crippen molar-refractivity contribution in [3.63, 3.8) is 0 Å². The molecule has 0 amide bonds. The Labute approximate surface area is 113 Å². The Hall–Kier alpha value is -2.14. The summed E-state index contributed by atoms with van der Waals surface area (Å²) in [5.74, 6) is -0.926. The first-order valence-electron chi connectivity index (χ1n) is 5.89. The fourth-order valence-electron chi connectivity index (χ4n) is 2.23. The Morgan fingerprint density at radius 1 is 1.42 bits per heavy atom. The maximum atomic E-state index is 11.3. The SMILES string of the molecule is CC(c1ccsc1)n1cnc2cccc(C(=O)O)c21. The van der Waals surface area contributed by atoms with Crippen LogP contribution in [0, 0.1) is 0 Å². The minimum atomic E-state index is -0.926. The molecule has 0 radical (unpaired) electrons. The Bertz CT molecular complexity index is 731. The second kappa shape index (κ2) is 4.51. The van der Waals surface area contributed by atoms with Crippen LogP contribution in [0.3, 0.4) is 0 Å². The van der Waals surface area contributed by atoms with E-state index in [1.165, 1.54) is 0 Å². The molecule has 0 aliphatic rings. The van der Waals surface area contributed by atoms with Gasteiger partial charge in [-0.25, -0.2) is 9.78 Å². The maximum Gasteiger partial charge on any atom is 0.337 e. The molecule has 1 atom stereocenters. The highest BCUT2D eigenvalue weighted by atomic mass is 32.1. The molecule has 1 N–H and O–H groups in total. The van der Waals surface area contributed by atoms with Crippen LogP contribution in [0.4, 0.5) is 0 Å². The molecule has 5 heteroatoms. The van der Waals surface area contributed by atoms with Gasteiger partial charge in [0.05, 0.1) is 29.0 Å². The number of carbonyl (C=O) groups is 1. The Morgan fingerprint density at radius 2 is 2.26 bits per heavy atom. The van der Waals surface area contributed by atoms with Gasteiger partial charge < -0.3 is 9.67 Å². The average molecular weight is 272 g/mol. The Morgan fingerprint density at radius 3 is 2.95 bits per heavy atom. The smallest absolute Gasteiger partial charge is 0.337 e.